The van der Waals surface area contributed by atoms with Crippen LogP contribution in [0.4, 0.5) is 24.9 Å². The van der Waals surface area contributed by atoms with Gasteiger partial charge in [0, 0.05) is 18.7 Å². The third-order valence-corrected chi connectivity index (χ3v) is 2.86. The van der Waals surface area contributed by atoms with E-state index in [1.165, 1.54) is 0 Å². The van der Waals surface area contributed by atoms with Crippen molar-refractivity contribution in [3.63, 3.8) is 0 Å². The van der Waals surface area contributed by atoms with Gasteiger partial charge in [-0.15, -0.1) is 0 Å². The molecule has 0 spiro atoms. The Labute approximate surface area is 109 Å². The molecule has 1 saturated carbocycles. The van der Waals surface area contributed by atoms with Gasteiger partial charge in [-0.2, -0.15) is 18.2 Å². The van der Waals surface area contributed by atoms with Crippen LogP contribution in [0.15, 0.2) is 6.07 Å². The molecule has 2 rings (SSSR count). The van der Waals surface area contributed by atoms with E-state index >= 15 is 0 Å². The van der Waals surface area contributed by atoms with E-state index in [4.69, 9.17) is 5.73 Å². The van der Waals surface area contributed by atoms with Crippen molar-refractivity contribution in [2.75, 3.05) is 17.2 Å². The average Bonchev–Trinajstić information content (AvgIpc) is 3.07. The summed E-state index contributed by atoms with van der Waals surface area (Å²) < 4.78 is 38.2. The summed E-state index contributed by atoms with van der Waals surface area (Å²) in [5.74, 6) is 0.279. The quantitative estimate of drug-likeness (QED) is 0.917. The summed E-state index contributed by atoms with van der Waals surface area (Å²) in [5.41, 5.74) is 4.41. The van der Waals surface area contributed by atoms with Crippen LogP contribution in [0.2, 0.25) is 0 Å². The molecule has 4 nitrogen and oxygen atoms in total. The van der Waals surface area contributed by atoms with Gasteiger partial charge >= 0.3 is 6.18 Å². The molecule has 1 aromatic rings. The number of hydrogen-bond acceptors (Lipinski definition) is 4. The molecular weight excluding hydrogens is 257 g/mol. The lowest BCUT2D eigenvalue weighted by Crippen LogP contribution is -2.31. The van der Waals surface area contributed by atoms with E-state index in [1.807, 2.05) is 18.7 Å². The first-order chi connectivity index (χ1) is 8.77. The highest BCUT2D eigenvalue weighted by Gasteiger charge is 2.36. The molecule has 106 valence electrons. The normalized spacial score (nSPS) is 15.9. The van der Waals surface area contributed by atoms with Gasteiger partial charge in [0.1, 0.15) is 5.82 Å². The van der Waals surface area contributed by atoms with E-state index < -0.39 is 11.9 Å². The van der Waals surface area contributed by atoms with Gasteiger partial charge in [-0.3, -0.25) is 0 Å². The number of rotatable bonds is 4. The predicted octanol–water partition coefficient (Wildman–Crippen LogP) is 2.70. The van der Waals surface area contributed by atoms with Crippen LogP contribution in [0.3, 0.4) is 0 Å². The number of nitrogens with zero attached hydrogens (tertiary/aromatic N) is 3. The molecule has 2 N–H and O–H groups in total. The zero-order valence-electron chi connectivity index (χ0n) is 10.9. The largest absolute Gasteiger partial charge is 0.433 e. The first-order valence-electron chi connectivity index (χ1n) is 6.25. The molecule has 0 bridgehead atoms. The Kier molecular flexibility index (Phi) is 3.56. The van der Waals surface area contributed by atoms with E-state index in [0.29, 0.717) is 12.5 Å². The first-order valence-corrected chi connectivity index (χ1v) is 6.25. The van der Waals surface area contributed by atoms with E-state index in [-0.39, 0.29) is 17.8 Å². The summed E-state index contributed by atoms with van der Waals surface area (Å²) in [6, 6.07) is 1.26. The summed E-state index contributed by atoms with van der Waals surface area (Å²) in [4.78, 5) is 9.12. The van der Waals surface area contributed by atoms with E-state index in [0.717, 1.165) is 18.9 Å². The summed E-state index contributed by atoms with van der Waals surface area (Å²) in [6.45, 7) is 4.70. The smallest absolute Gasteiger partial charge is 0.368 e. The summed E-state index contributed by atoms with van der Waals surface area (Å²) >= 11 is 0. The highest BCUT2D eigenvalue weighted by Crippen LogP contribution is 2.35. The predicted molar refractivity (Wildman–Crippen MR) is 66.7 cm³/mol. The Bertz CT molecular complexity index is 455. The lowest BCUT2D eigenvalue weighted by molar-refractivity contribution is -0.141. The second-order valence-electron chi connectivity index (χ2n) is 5.24. The fourth-order valence-electron chi connectivity index (χ4n) is 1.95. The Hall–Kier alpha value is -1.53. The molecule has 1 fully saturated rings. The minimum absolute atomic E-state index is 0.274. The molecule has 0 aromatic carbocycles. The van der Waals surface area contributed by atoms with Crippen LogP contribution in [0, 0.1) is 5.92 Å². The van der Waals surface area contributed by atoms with Crippen molar-refractivity contribution in [3.05, 3.63) is 11.8 Å². The number of halogens is 3. The summed E-state index contributed by atoms with van der Waals surface area (Å²) in [7, 11) is 0. The van der Waals surface area contributed by atoms with Crippen molar-refractivity contribution in [1.82, 2.24) is 9.97 Å². The molecule has 0 saturated heterocycles. The number of aromatic nitrogens is 2. The van der Waals surface area contributed by atoms with E-state index in [9.17, 15) is 13.2 Å². The van der Waals surface area contributed by atoms with Crippen LogP contribution in [0.5, 0.6) is 0 Å². The molecule has 1 aliphatic rings. The average molecular weight is 274 g/mol. The van der Waals surface area contributed by atoms with Gasteiger partial charge in [0.25, 0.3) is 0 Å². The van der Waals surface area contributed by atoms with Crippen molar-refractivity contribution >= 4 is 11.8 Å². The minimum Gasteiger partial charge on any atom is -0.368 e. The van der Waals surface area contributed by atoms with E-state index in [1.54, 1.807) is 0 Å². The zero-order chi connectivity index (χ0) is 14.2. The van der Waals surface area contributed by atoms with Crippen LogP contribution < -0.4 is 10.6 Å². The lowest BCUT2D eigenvalue weighted by atomic mass is 10.2. The summed E-state index contributed by atoms with van der Waals surface area (Å²) in [5, 5.41) is 0. The zero-order valence-corrected chi connectivity index (χ0v) is 10.9. The van der Waals surface area contributed by atoms with Crippen molar-refractivity contribution in [2.24, 2.45) is 5.92 Å². The number of nitrogen functional groups attached to an aromatic ring is 1. The van der Waals surface area contributed by atoms with Crippen molar-refractivity contribution in [2.45, 2.75) is 38.9 Å². The molecule has 0 atom stereocenters. The van der Waals surface area contributed by atoms with Gasteiger partial charge in [0.15, 0.2) is 5.69 Å². The maximum absolute atomic E-state index is 12.7. The monoisotopic (exact) mass is 274 g/mol. The van der Waals surface area contributed by atoms with Gasteiger partial charge in [0.2, 0.25) is 5.95 Å². The third kappa shape index (κ3) is 3.48. The number of anilines is 2. The molecule has 1 aliphatic carbocycles. The van der Waals surface area contributed by atoms with E-state index in [2.05, 4.69) is 9.97 Å². The maximum Gasteiger partial charge on any atom is 0.433 e. The van der Waals surface area contributed by atoms with Crippen LogP contribution in [0.25, 0.3) is 0 Å². The Balaban J connectivity index is 2.34. The van der Waals surface area contributed by atoms with Gasteiger partial charge < -0.3 is 10.6 Å². The van der Waals surface area contributed by atoms with Gasteiger partial charge in [0.05, 0.1) is 0 Å². The first kappa shape index (κ1) is 13.9. The highest BCUT2D eigenvalue weighted by molar-refractivity contribution is 5.46. The number of hydrogen-bond donors (Lipinski definition) is 1. The number of nitrogens with two attached hydrogens (primary N) is 1. The van der Waals surface area contributed by atoms with Crippen LogP contribution in [-0.4, -0.2) is 22.6 Å². The molecule has 0 amide bonds. The number of alkyl halides is 3. The lowest BCUT2D eigenvalue weighted by Gasteiger charge is -2.26. The molecule has 7 heteroatoms. The Morgan fingerprint density at radius 2 is 2.00 bits per heavy atom. The second kappa shape index (κ2) is 4.86. The van der Waals surface area contributed by atoms with Crippen LogP contribution >= 0.6 is 0 Å². The molecule has 0 radical (unpaired) electrons. The topological polar surface area (TPSA) is 55.0 Å². The molecule has 0 unspecified atom stereocenters. The highest BCUT2D eigenvalue weighted by atomic mass is 19.4. The van der Waals surface area contributed by atoms with Gasteiger partial charge in [-0.1, -0.05) is 13.8 Å². The molecule has 1 aromatic heterocycles. The second-order valence-corrected chi connectivity index (χ2v) is 5.24. The van der Waals surface area contributed by atoms with Gasteiger partial charge in [-0.25, -0.2) is 4.98 Å². The molecule has 19 heavy (non-hydrogen) atoms. The SMILES string of the molecule is CC(C)CN(c1cc(C(F)(F)F)nc(N)n1)C1CC1. The Morgan fingerprint density at radius 3 is 2.47 bits per heavy atom. The van der Waals surface area contributed by atoms with Gasteiger partial charge in [-0.05, 0) is 18.8 Å². The van der Waals surface area contributed by atoms with Crippen LogP contribution in [-0.2, 0) is 6.18 Å². The van der Waals surface area contributed by atoms with Crippen molar-refractivity contribution in [3.8, 4) is 0 Å². The Morgan fingerprint density at radius 1 is 1.37 bits per heavy atom. The fourth-order valence-corrected chi connectivity index (χ4v) is 1.95. The minimum atomic E-state index is -4.50. The molecule has 1 heterocycles. The molecule has 0 aliphatic heterocycles. The fraction of sp³-hybridized carbons (Fsp3) is 0.667. The molecular formula is C12H17F3N4. The van der Waals surface area contributed by atoms with Crippen molar-refractivity contribution < 1.29 is 13.2 Å². The standard InChI is InChI=1S/C12H17F3N4/c1-7(2)6-19(8-3-4-8)10-5-9(12(13,14)15)17-11(16)18-10/h5,7-8H,3-4,6H2,1-2H3,(H2,16,17,18). The third-order valence-electron chi connectivity index (χ3n) is 2.86. The van der Waals surface area contributed by atoms with Crippen LogP contribution in [0.1, 0.15) is 32.4 Å². The maximum atomic E-state index is 12.7. The van der Waals surface area contributed by atoms with Crippen molar-refractivity contribution in [1.29, 1.82) is 0 Å². The summed E-state index contributed by atoms with van der Waals surface area (Å²) in [6.07, 6.45) is -2.53.